The average molecular weight is 205 g/mol. The minimum Gasteiger partial charge on any atom is -0.297 e. The van der Waals surface area contributed by atoms with Crippen LogP contribution in [0.3, 0.4) is 0 Å². The van der Waals surface area contributed by atoms with Crippen LogP contribution in [0.5, 0.6) is 0 Å². The maximum Gasteiger partial charge on any atom is 0.0743 e. The van der Waals surface area contributed by atoms with Crippen LogP contribution in [-0.4, -0.2) is 15.3 Å². The second-order valence-electron chi connectivity index (χ2n) is 4.25. The molecule has 3 heteroatoms. The van der Waals surface area contributed by atoms with Gasteiger partial charge in [-0.1, -0.05) is 12.8 Å². The lowest BCUT2D eigenvalue weighted by molar-refractivity contribution is 0.489. The van der Waals surface area contributed by atoms with E-state index in [1.165, 1.54) is 5.56 Å². The third kappa shape index (κ3) is 3.10. The van der Waals surface area contributed by atoms with Gasteiger partial charge in [0.05, 0.1) is 11.2 Å². The van der Waals surface area contributed by atoms with Crippen molar-refractivity contribution in [3.8, 4) is 12.3 Å². The first-order chi connectivity index (χ1) is 6.98. The van der Waals surface area contributed by atoms with Gasteiger partial charge in [0.25, 0.3) is 0 Å². The summed E-state index contributed by atoms with van der Waals surface area (Å²) in [6, 6.07) is 0. The van der Waals surface area contributed by atoms with E-state index in [0.29, 0.717) is 0 Å². The quantitative estimate of drug-likeness (QED) is 0.755. The molecule has 0 unspecified atom stereocenters. The number of nitrogens with zero attached hydrogens (tertiary/aromatic N) is 2. The Morgan fingerprint density at radius 3 is 2.80 bits per heavy atom. The van der Waals surface area contributed by atoms with Gasteiger partial charge in [-0.15, -0.1) is 6.42 Å². The van der Waals surface area contributed by atoms with E-state index in [0.717, 1.165) is 18.7 Å². The summed E-state index contributed by atoms with van der Waals surface area (Å²) in [7, 11) is 1.94. The fourth-order valence-corrected chi connectivity index (χ4v) is 1.40. The Labute approximate surface area is 91.9 Å². The summed E-state index contributed by atoms with van der Waals surface area (Å²) >= 11 is 0. The van der Waals surface area contributed by atoms with Gasteiger partial charge in [-0.05, 0) is 20.3 Å². The van der Waals surface area contributed by atoms with Crippen molar-refractivity contribution in [2.24, 2.45) is 7.05 Å². The number of aromatic nitrogens is 2. The van der Waals surface area contributed by atoms with E-state index in [1.807, 2.05) is 31.8 Å². The van der Waals surface area contributed by atoms with Crippen LogP contribution in [0.4, 0.5) is 0 Å². The van der Waals surface area contributed by atoms with E-state index < -0.39 is 0 Å². The molecule has 0 aliphatic rings. The van der Waals surface area contributed by atoms with Crippen molar-refractivity contribution in [3.63, 3.8) is 0 Å². The molecule has 1 rings (SSSR count). The molecule has 82 valence electrons. The van der Waals surface area contributed by atoms with Crippen molar-refractivity contribution in [1.29, 1.82) is 0 Å². The number of nitrogens with one attached hydrogen (secondary N) is 1. The van der Waals surface area contributed by atoms with Crippen molar-refractivity contribution in [2.75, 3.05) is 0 Å². The van der Waals surface area contributed by atoms with Gasteiger partial charge in [0.2, 0.25) is 0 Å². The Kier molecular flexibility index (Phi) is 3.54. The van der Waals surface area contributed by atoms with Crippen LogP contribution in [0.15, 0.2) is 6.20 Å². The predicted molar refractivity (Wildman–Crippen MR) is 62.3 cm³/mol. The van der Waals surface area contributed by atoms with Crippen LogP contribution in [0, 0.1) is 12.3 Å². The molecule has 0 atom stereocenters. The number of hydrogen-bond donors (Lipinski definition) is 1. The van der Waals surface area contributed by atoms with E-state index in [9.17, 15) is 0 Å². The Morgan fingerprint density at radius 2 is 2.27 bits per heavy atom. The molecule has 1 aromatic heterocycles. The van der Waals surface area contributed by atoms with Crippen LogP contribution in [0.2, 0.25) is 0 Å². The van der Waals surface area contributed by atoms with Crippen molar-refractivity contribution in [1.82, 2.24) is 15.1 Å². The zero-order valence-corrected chi connectivity index (χ0v) is 9.96. The summed E-state index contributed by atoms with van der Waals surface area (Å²) in [5.41, 5.74) is 2.10. The van der Waals surface area contributed by atoms with Gasteiger partial charge in [0.15, 0.2) is 0 Å². The molecule has 15 heavy (non-hydrogen) atoms. The molecule has 0 aliphatic heterocycles. The van der Waals surface area contributed by atoms with E-state index in [1.54, 1.807) is 0 Å². The first-order valence-electron chi connectivity index (χ1n) is 5.22. The second-order valence-corrected chi connectivity index (χ2v) is 4.25. The van der Waals surface area contributed by atoms with Crippen molar-refractivity contribution < 1.29 is 0 Å². The highest BCUT2D eigenvalue weighted by molar-refractivity contribution is 5.18. The Bertz CT molecular complexity index is 369. The second kappa shape index (κ2) is 4.50. The van der Waals surface area contributed by atoms with Gasteiger partial charge in [-0.3, -0.25) is 10.00 Å². The average Bonchev–Trinajstić information content (AvgIpc) is 2.56. The molecule has 0 aromatic carbocycles. The van der Waals surface area contributed by atoms with Gasteiger partial charge < -0.3 is 0 Å². The van der Waals surface area contributed by atoms with E-state index in [4.69, 9.17) is 6.42 Å². The molecule has 3 nitrogen and oxygen atoms in total. The maximum atomic E-state index is 5.41. The first kappa shape index (κ1) is 11.8. The molecular formula is C12H19N3. The summed E-state index contributed by atoms with van der Waals surface area (Å²) in [5.74, 6) is 2.72. The molecule has 1 aromatic rings. The largest absolute Gasteiger partial charge is 0.297 e. The summed E-state index contributed by atoms with van der Waals surface area (Å²) < 4.78 is 1.85. The molecule has 1 N–H and O–H groups in total. The number of aryl methyl sites for hydroxylation is 2. The Hall–Kier alpha value is -1.27. The molecule has 0 fully saturated rings. The van der Waals surface area contributed by atoms with Crippen molar-refractivity contribution in [2.45, 2.75) is 39.3 Å². The maximum absolute atomic E-state index is 5.41. The zero-order valence-electron chi connectivity index (χ0n) is 9.96. The highest BCUT2D eigenvalue weighted by Crippen LogP contribution is 2.09. The fraction of sp³-hybridized carbons (Fsp3) is 0.583. The first-order valence-corrected chi connectivity index (χ1v) is 5.22. The molecule has 0 amide bonds. The van der Waals surface area contributed by atoms with Gasteiger partial charge in [-0.25, -0.2) is 0 Å². The van der Waals surface area contributed by atoms with E-state index >= 15 is 0 Å². The highest BCUT2D eigenvalue weighted by atomic mass is 15.3. The minimum absolute atomic E-state index is 0.263. The normalized spacial score (nSPS) is 11.4. The van der Waals surface area contributed by atoms with E-state index in [2.05, 4.69) is 23.3 Å². The zero-order chi connectivity index (χ0) is 11.5. The molecular weight excluding hydrogens is 186 g/mol. The lowest BCUT2D eigenvalue weighted by Crippen LogP contribution is -2.37. The number of rotatable bonds is 4. The van der Waals surface area contributed by atoms with Crippen LogP contribution in [0.1, 0.15) is 32.0 Å². The monoisotopic (exact) mass is 205 g/mol. The standard InChI is InChI=1S/C12H19N3/c1-6-11-10(9-15(5)14-11)8-13-12(3,4)7-2/h2,9,13H,6,8H2,1,3-5H3. The third-order valence-corrected chi connectivity index (χ3v) is 2.41. The van der Waals surface area contributed by atoms with E-state index in [-0.39, 0.29) is 5.54 Å². The SMILES string of the molecule is C#CC(C)(C)NCc1cn(C)nc1CC. The predicted octanol–water partition coefficient (Wildman–Crippen LogP) is 1.48. The molecule has 0 saturated carbocycles. The Morgan fingerprint density at radius 1 is 1.60 bits per heavy atom. The van der Waals surface area contributed by atoms with Crippen LogP contribution in [-0.2, 0) is 20.0 Å². The third-order valence-electron chi connectivity index (χ3n) is 2.41. The molecule has 0 saturated heterocycles. The molecule has 1 heterocycles. The van der Waals surface area contributed by atoms with Gasteiger partial charge in [0.1, 0.15) is 0 Å². The highest BCUT2D eigenvalue weighted by Gasteiger charge is 2.14. The summed E-state index contributed by atoms with van der Waals surface area (Å²) in [5, 5.41) is 7.70. The molecule has 0 bridgehead atoms. The fourth-order valence-electron chi connectivity index (χ4n) is 1.40. The van der Waals surface area contributed by atoms with Crippen LogP contribution >= 0.6 is 0 Å². The number of terminal acetylenes is 1. The topological polar surface area (TPSA) is 29.9 Å². The van der Waals surface area contributed by atoms with Crippen molar-refractivity contribution in [3.05, 3.63) is 17.5 Å². The summed E-state index contributed by atoms with van der Waals surface area (Å²) in [6.45, 7) is 6.87. The lowest BCUT2D eigenvalue weighted by Gasteiger charge is -2.19. The summed E-state index contributed by atoms with van der Waals surface area (Å²) in [6.07, 6.45) is 8.41. The number of hydrogen-bond acceptors (Lipinski definition) is 2. The van der Waals surface area contributed by atoms with Gasteiger partial charge in [0, 0.05) is 25.4 Å². The van der Waals surface area contributed by atoms with Crippen LogP contribution < -0.4 is 5.32 Å². The molecule has 0 spiro atoms. The smallest absolute Gasteiger partial charge is 0.0743 e. The van der Waals surface area contributed by atoms with Crippen molar-refractivity contribution >= 4 is 0 Å². The van der Waals surface area contributed by atoms with Gasteiger partial charge >= 0.3 is 0 Å². The minimum atomic E-state index is -0.263. The van der Waals surface area contributed by atoms with Gasteiger partial charge in [-0.2, -0.15) is 5.10 Å². The Balaban J connectivity index is 2.69. The summed E-state index contributed by atoms with van der Waals surface area (Å²) in [4.78, 5) is 0. The molecule has 0 aliphatic carbocycles. The van der Waals surface area contributed by atoms with Crippen LogP contribution in [0.25, 0.3) is 0 Å². The lowest BCUT2D eigenvalue weighted by atomic mass is 10.1. The molecule has 0 radical (unpaired) electrons.